The molecule has 0 fully saturated rings. The molecule has 0 bridgehead atoms. The first-order valence-corrected chi connectivity index (χ1v) is 10.0. The Kier molecular flexibility index (Phi) is 5.23. The highest BCUT2D eigenvalue weighted by Crippen LogP contribution is 2.32. The summed E-state index contributed by atoms with van der Waals surface area (Å²) >= 11 is 1.04. The Morgan fingerprint density at radius 2 is 1.90 bits per heavy atom. The number of thiazole rings is 1. The van der Waals surface area contributed by atoms with E-state index < -0.39 is 11.9 Å². The summed E-state index contributed by atoms with van der Waals surface area (Å²) in [6.07, 6.45) is 0. The predicted molar refractivity (Wildman–Crippen MR) is 112 cm³/mol. The van der Waals surface area contributed by atoms with E-state index >= 15 is 0 Å². The van der Waals surface area contributed by atoms with E-state index in [1.54, 1.807) is 6.92 Å². The van der Waals surface area contributed by atoms with Gasteiger partial charge in [-0.15, -0.1) is 5.10 Å². The molecule has 0 unspecified atom stereocenters. The van der Waals surface area contributed by atoms with Gasteiger partial charge in [-0.25, -0.2) is 19.3 Å². The monoisotopic (exact) mass is 422 g/mol. The van der Waals surface area contributed by atoms with Crippen LogP contribution in [0.15, 0.2) is 36.4 Å². The van der Waals surface area contributed by atoms with Gasteiger partial charge in [-0.1, -0.05) is 41.7 Å². The summed E-state index contributed by atoms with van der Waals surface area (Å²) in [5.74, 6) is -0.726. The van der Waals surface area contributed by atoms with E-state index in [2.05, 4.69) is 25.4 Å². The van der Waals surface area contributed by atoms with Gasteiger partial charge in [0.05, 0.1) is 12.3 Å². The number of aryl methyl sites for hydroxylation is 2. The minimum atomic E-state index is -0.540. The van der Waals surface area contributed by atoms with Crippen molar-refractivity contribution in [3.8, 4) is 11.3 Å². The lowest BCUT2D eigenvalue weighted by Gasteiger charge is -2.01. The van der Waals surface area contributed by atoms with Crippen LogP contribution in [0.3, 0.4) is 0 Å². The van der Waals surface area contributed by atoms with Crippen LogP contribution < -0.4 is 5.32 Å². The maximum absolute atomic E-state index is 12.7. The average Bonchev–Trinajstić information content (AvgIpc) is 3.33. The van der Waals surface area contributed by atoms with E-state index in [4.69, 9.17) is 4.74 Å². The minimum absolute atomic E-state index is 0.0367. The maximum Gasteiger partial charge on any atom is 0.350 e. The van der Waals surface area contributed by atoms with Gasteiger partial charge in [0.2, 0.25) is 5.82 Å². The lowest BCUT2D eigenvalue weighted by atomic mass is 10.1. The number of ether oxygens (including phenoxy) is 1. The number of fused-ring (bicyclic) bond motifs is 1. The van der Waals surface area contributed by atoms with Crippen LogP contribution in [0.1, 0.15) is 38.6 Å². The van der Waals surface area contributed by atoms with Crippen LogP contribution in [0.25, 0.3) is 17.0 Å². The summed E-state index contributed by atoms with van der Waals surface area (Å²) in [5, 5.41) is 7.14. The number of hydrogen-bond donors (Lipinski definition) is 1. The summed E-state index contributed by atoms with van der Waals surface area (Å²) in [5.41, 5.74) is 2.80. The molecule has 0 saturated heterocycles. The van der Waals surface area contributed by atoms with Crippen LogP contribution in [0, 0.1) is 13.8 Å². The van der Waals surface area contributed by atoms with Crippen molar-refractivity contribution in [3.63, 3.8) is 0 Å². The van der Waals surface area contributed by atoms with Crippen molar-refractivity contribution in [3.05, 3.63) is 58.5 Å². The number of anilines is 1. The van der Waals surface area contributed by atoms with E-state index in [0.717, 1.165) is 28.3 Å². The molecule has 30 heavy (non-hydrogen) atoms. The second kappa shape index (κ2) is 7.99. The molecule has 0 atom stereocenters. The van der Waals surface area contributed by atoms with Crippen molar-refractivity contribution in [2.45, 2.75) is 20.8 Å². The molecule has 0 aliphatic heterocycles. The first kappa shape index (κ1) is 19.6. The third kappa shape index (κ3) is 3.77. The number of nitrogens with zero attached hydrogens (tertiary/aromatic N) is 5. The normalized spacial score (nSPS) is 10.9. The van der Waals surface area contributed by atoms with Crippen LogP contribution in [0.4, 0.5) is 5.13 Å². The Hall–Kier alpha value is -3.66. The molecule has 0 aliphatic carbocycles. The van der Waals surface area contributed by atoms with Gasteiger partial charge in [-0.05, 0) is 26.8 Å². The summed E-state index contributed by atoms with van der Waals surface area (Å²) in [4.78, 5) is 38.3. The summed E-state index contributed by atoms with van der Waals surface area (Å²) in [6, 6.07) is 11.1. The molecule has 1 N–H and O–H groups in total. The van der Waals surface area contributed by atoms with Gasteiger partial charge in [0, 0.05) is 17.0 Å². The van der Waals surface area contributed by atoms with E-state index in [-0.39, 0.29) is 17.6 Å². The minimum Gasteiger partial charge on any atom is -0.462 e. The number of carbonyl (C=O) groups excluding carboxylic acids is 2. The predicted octanol–water partition coefficient (Wildman–Crippen LogP) is 3.29. The number of hydrogen-bond acceptors (Lipinski definition) is 8. The first-order chi connectivity index (χ1) is 14.5. The number of rotatable bonds is 5. The van der Waals surface area contributed by atoms with Crippen LogP contribution in [-0.2, 0) is 4.74 Å². The first-order valence-electron chi connectivity index (χ1n) is 9.22. The summed E-state index contributed by atoms with van der Waals surface area (Å²) in [7, 11) is 0. The van der Waals surface area contributed by atoms with Crippen LogP contribution in [-0.4, -0.2) is 43.0 Å². The quantitative estimate of drug-likeness (QED) is 0.491. The van der Waals surface area contributed by atoms with Crippen molar-refractivity contribution in [1.29, 1.82) is 0 Å². The third-order valence-electron chi connectivity index (χ3n) is 4.18. The molecule has 0 spiro atoms. The molecule has 152 valence electrons. The Balaban J connectivity index is 1.67. The standard InChI is InChI=1S/C20H18N6O3S/c1-4-29-18(28)15-14(13-8-6-5-7-9-13)22-20(30-15)24-17(27)16-23-19-21-11(2)10-12(3)26(19)25-16/h5-10H,4H2,1-3H3,(H,22,24,27). The van der Waals surface area contributed by atoms with Crippen molar-refractivity contribution in [2.24, 2.45) is 0 Å². The van der Waals surface area contributed by atoms with Gasteiger partial charge >= 0.3 is 5.97 Å². The average molecular weight is 422 g/mol. The number of benzene rings is 1. The molecular weight excluding hydrogens is 404 g/mol. The number of amides is 1. The van der Waals surface area contributed by atoms with Gasteiger partial charge < -0.3 is 4.74 Å². The lowest BCUT2D eigenvalue weighted by molar-refractivity contribution is 0.0532. The van der Waals surface area contributed by atoms with E-state index in [1.807, 2.05) is 50.2 Å². The van der Waals surface area contributed by atoms with Gasteiger partial charge in [0.1, 0.15) is 4.88 Å². The van der Waals surface area contributed by atoms with Crippen molar-refractivity contribution in [1.82, 2.24) is 24.6 Å². The fourth-order valence-electron chi connectivity index (χ4n) is 2.92. The number of esters is 1. The number of nitrogens with one attached hydrogen (secondary N) is 1. The van der Waals surface area contributed by atoms with E-state index in [9.17, 15) is 9.59 Å². The third-order valence-corrected chi connectivity index (χ3v) is 5.13. The molecule has 0 radical (unpaired) electrons. The van der Waals surface area contributed by atoms with E-state index in [1.165, 1.54) is 4.52 Å². The lowest BCUT2D eigenvalue weighted by Crippen LogP contribution is -2.13. The van der Waals surface area contributed by atoms with Gasteiger partial charge in [0.15, 0.2) is 5.13 Å². The second-order valence-electron chi connectivity index (χ2n) is 6.42. The largest absolute Gasteiger partial charge is 0.462 e. The molecule has 0 saturated carbocycles. The molecule has 4 aromatic rings. The van der Waals surface area contributed by atoms with Gasteiger partial charge in [-0.3, -0.25) is 10.1 Å². The summed E-state index contributed by atoms with van der Waals surface area (Å²) < 4.78 is 6.64. The van der Waals surface area contributed by atoms with Gasteiger partial charge in [0.25, 0.3) is 11.7 Å². The maximum atomic E-state index is 12.7. The molecule has 4 rings (SSSR count). The fourth-order valence-corrected chi connectivity index (χ4v) is 3.79. The molecule has 3 aromatic heterocycles. The Morgan fingerprint density at radius 1 is 1.13 bits per heavy atom. The number of aromatic nitrogens is 5. The highest BCUT2D eigenvalue weighted by molar-refractivity contribution is 7.18. The Labute approximate surface area is 175 Å². The molecule has 3 heterocycles. The highest BCUT2D eigenvalue weighted by atomic mass is 32.1. The zero-order valence-electron chi connectivity index (χ0n) is 16.5. The van der Waals surface area contributed by atoms with Crippen molar-refractivity contribution in [2.75, 3.05) is 11.9 Å². The zero-order valence-corrected chi connectivity index (χ0v) is 17.4. The second-order valence-corrected chi connectivity index (χ2v) is 7.42. The Morgan fingerprint density at radius 3 is 2.63 bits per heavy atom. The Bertz CT molecular complexity index is 1250. The number of carbonyl (C=O) groups is 2. The highest BCUT2D eigenvalue weighted by Gasteiger charge is 2.23. The fraction of sp³-hybridized carbons (Fsp3) is 0.200. The van der Waals surface area contributed by atoms with Gasteiger partial charge in [-0.2, -0.15) is 4.98 Å². The summed E-state index contributed by atoms with van der Waals surface area (Å²) in [6.45, 7) is 5.68. The van der Waals surface area contributed by atoms with Crippen molar-refractivity contribution < 1.29 is 14.3 Å². The smallest absolute Gasteiger partial charge is 0.350 e. The van der Waals surface area contributed by atoms with Crippen LogP contribution >= 0.6 is 11.3 Å². The van der Waals surface area contributed by atoms with Crippen LogP contribution in [0.5, 0.6) is 0 Å². The zero-order chi connectivity index (χ0) is 21.3. The molecule has 10 heteroatoms. The molecule has 1 aromatic carbocycles. The topological polar surface area (TPSA) is 111 Å². The van der Waals surface area contributed by atoms with Crippen molar-refractivity contribution >= 4 is 34.1 Å². The molecule has 9 nitrogen and oxygen atoms in total. The molecule has 1 amide bonds. The molecular formula is C20H18N6O3S. The van der Waals surface area contributed by atoms with E-state index in [0.29, 0.717) is 16.3 Å². The molecule has 0 aliphatic rings. The van der Waals surface area contributed by atoms with Crippen LogP contribution in [0.2, 0.25) is 0 Å². The SMILES string of the molecule is CCOC(=O)c1sc(NC(=O)c2nc3nc(C)cc(C)n3n2)nc1-c1ccccc1.